The summed E-state index contributed by atoms with van der Waals surface area (Å²) in [6.07, 6.45) is 1.50. The molecular formula is C13H19N3O5. The summed E-state index contributed by atoms with van der Waals surface area (Å²) >= 11 is 0. The average Bonchev–Trinajstić information content (AvgIpc) is 3.00. The molecule has 0 saturated carbocycles. The van der Waals surface area contributed by atoms with Crippen molar-refractivity contribution in [3.05, 3.63) is 12.4 Å². The molecule has 1 unspecified atom stereocenters. The first-order valence-corrected chi connectivity index (χ1v) is 6.75. The molecule has 1 aromatic rings. The van der Waals surface area contributed by atoms with Crippen molar-refractivity contribution in [1.29, 1.82) is 0 Å². The predicted octanol–water partition coefficient (Wildman–Crippen LogP) is 0.839. The van der Waals surface area contributed by atoms with Gasteiger partial charge >= 0.3 is 11.9 Å². The maximum Gasteiger partial charge on any atom is 0.303 e. The van der Waals surface area contributed by atoms with E-state index >= 15 is 0 Å². The van der Waals surface area contributed by atoms with Crippen LogP contribution in [0.4, 0.5) is 0 Å². The summed E-state index contributed by atoms with van der Waals surface area (Å²) in [4.78, 5) is 22.8. The first-order chi connectivity index (χ1) is 9.87. The number of ether oxygens (including phenoxy) is 3. The summed E-state index contributed by atoms with van der Waals surface area (Å²) in [5.41, 5.74) is -0.775. The van der Waals surface area contributed by atoms with E-state index in [1.807, 2.05) is 13.8 Å². The van der Waals surface area contributed by atoms with E-state index in [0.717, 1.165) is 0 Å². The Hall–Kier alpha value is -1.96. The molecule has 2 heterocycles. The van der Waals surface area contributed by atoms with Crippen LogP contribution in [-0.2, 0) is 23.8 Å². The smallest absolute Gasteiger partial charge is 0.303 e. The first kappa shape index (κ1) is 15.4. The predicted molar refractivity (Wildman–Crippen MR) is 69.9 cm³/mol. The van der Waals surface area contributed by atoms with E-state index in [2.05, 4.69) is 10.3 Å². The minimum atomic E-state index is -0.780. The van der Waals surface area contributed by atoms with Crippen LogP contribution >= 0.6 is 0 Å². The van der Waals surface area contributed by atoms with Gasteiger partial charge in [0.25, 0.3) is 0 Å². The molecule has 21 heavy (non-hydrogen) atoms. The number of hydrogen-bond donors (Lipinski definition) is 0. The molecule has 0 aliphatic carbocycles. The Morgan fingerprint density at radius 2 is 2.00 bits per heavy atom. The molecule has 0 spiro atoms. The Morgan fingerprint density at radius 1 is 1.33 bits per heavy atom. The molecule has 1 fully saturated rings. The largest absolute Gasteiger partial charge is 0.455 e. The molecule has 116 valence electrons. The highest BCUT2D eigenvalue weighted by Gasteiger charge is 2.56. The molecule has 1 saturated heterocycles. The third kappa shape index (κ3) is 3.05. The summed E-state index contributed by atoms with van der Waals surface area (Å²) in [5.74, 6) is -0.939. The Bertz CT molecular complexity index is 518. The summed E-state index contributed by atoms with van der Waals surface area (Å²) < 4.78 is 18.1. The number of rotatable bonds is 4. The zero-order valence-electron chi connectivity index (χ0n) is 12.5. The highest BCUT2D eigenvalue weighted by atomic mass is 16.7. The van der Waals surface area contributed by atoms with Gasteiger partial charge in [-0.05, 0) is 13.3 Å². The standard InChI is InChI=1S/C13H19N3O5/c1-5-13(4)11(20-9(3)18)10(19-8(2)17)12(21-13)16-7-6-14-15-16/h6-7,10-12H,5H2,1-4H3/t10-,11?,12+,13+/m0/s1. The molecule has 8 nitrogen and oxygen atoms in total. The quantitative estimate of drug-likeness (QED) is 0.760. The van der Waals surface area contributed by atoms with Crippen molar-refractivity contribution in [2.75, 3.05) is 0 Å². The van der Waals surface area contributed by atoms with Crippen LogP contribution in [0.25, 0.3) is 0 Å². The van der Waals surface area contributed by atoms with Crippen molar-refractivity contribution in [3.8, 4) is 0 Å². The number of esters is 2. The van der Waals surface area contributed by atoms with Crippen LogP contribution in [0, 0.1) is 0 Å². The molecule has 1 aliphatic rings. The van der Waals surface area contributed by atoms with Gasteiger partial charge in [-0.25, -0.2) is 4.68 Å². The van der Waals surface area contributed by atoms with Crippen molar-refractivity contribution < 1.29 is 23.8 Å². The van der Waals surface area contributed by atoms with Crippen LogP contribution in [0.2, 0.25) is 0 Å². The van der Waals surface area contributed by atoms with Crippen molar-refractivity contribution >= 4 is 11.9 Å². The number of hydrogen-bond acceptors (Lipinski definition) is 7. The lowest BCUT2D eigenvalue weighted by Crippen LogP contribution is -2.44. The molecule has 0 amide bonds. The summed E-state index contributed by atoms with van der Waals surface area (Å²) in [6, 6.07) is 0. The van der Waals surface area contributed by atoms with Gasteiger partial charge in [-0.2, -0.15) is 0 Å². The molecule has 2 rings (SSSR count). The Kier molecular flexibility index (Phi) is 4.26. The second kappa shape index (κ2) is 5.80. The van der Waals surface area contributed by atoms with Gasteiger partial charge in [-0.3, -0.25) is 9.59 Å². The SMILES string of the molecule is CC[C@@]1(C)O[C@@H](n2ccnn2)[C@@H](OC(C)=O)C1OC(C)=O. The highest BCUT2D eigenvalue weighted by molar-refractivity contribution is 5.67. The topological polar surface area (TPSA) is 92.5 Å². The first-order valence-electron chi connectivity index (χ1n) is 6.75. The van der Waals surface area contributed by atoms with Crippen molar-refractivity contribution in [1.82, 2.24) is 15.0 Å². The van der Waals surface area contributed by atoms with Crippen molar-refractivity contribution in [2.24, 2.45) is 0 Å². The van der Waals surface area contributed by atoms with Gasteiger partial charge in [0.1, 0.15) is 5.60 Å². The van der Waals surface area contributed by atoms with E-state index in [1.165, 1.54) is 24.7 Å². The summed E-state index contributed by atoms with van der Waals surface area (Å²) in [7, 11) is 0. The molecule has 0 bridgehead atoms. The maximum atomic E-state index is 11.4. The van der Waals surface area contributed by atoms with Crippen molar-refractivity contribution in [3.63, 3.8) is 0 Å². The number of carbonyl (C=O) groups excluding carboxylic acids is 2. The normalized spacial score (nSPS) is 31.9. The van der Waals surface area contributed by atoms with Crippen LogP contribution in [0.5, 0.6) is 0 Å². The molecule has 1 aliphatic heterocycles. The minimum absolute atomic E-state index is 0.459. The fraction of sp³-hybridized carbons (Fsp3) is 0.692. The van der Waals surface area contributed by atoms with E-state index in [9.17, 15) is 9.59 Å². The van der Waals surface area contributed by atoms with Gasteiger partial charge in [0.15, 0.2) is 18.4 Å². The lowest BCUT2D eigenvalue weighted by atomic mass is 9.94. The summed E-state index contributed by atoms with van der Waals surface area (Å²) in [5, 5.41) is 7.60. The zero-order valence-corrected chi connectivity index (χ0v) is 12.5. The number of nitrogens with zero attached hydrogens (tertiary/aromatic N) is 3. The molecule has 0 radical (unpaired) electrons. The van der Waals surface area contributed by atoms with E-state index in [-0.39, 0.29) is 0 Å². The van der Waals surface area contributed by atoms with Crippen LogP contribution in [0.15, 0.2) is 12.4 Å². The van der Waals surface area contributed by atoms with E-state index in [4.69, 9.17) is 14.2 Å². The maximum absolute atomic E-state index is 11.4. The molecule has 0 N–H and O–H groups in total. The van der Waals surface area contributed by atoms with Crippen LogP contribution in [-0.4, -0.2) is 44.7 Å². The lowest BCUT2D eigenvalue weighted by Gasteiger charge is -2.29. The molecule has 8 heteroatoms. The van der Waals surface area contributed by atoms with E-state index < -0.39 is 36.0 Å². The minimum Gasteiger partial charge on any atom is -0.455 e. The molecule has 1 aromatic heterocycles. The number of carbonyl (C=O) groups is 2. The van der Waals surface area contributed by atoms with E-state index in [1.54, 1.807) is 6.20 Å². The van der Waals surface area contributed by atoms with Gasteiger partial charge < -0.3 is 14.2 Å². The average molecular weight is 297 g/mol. The third-order valence-electron chi connectivity index (χ3n) is 3.57. The second-order valence-electron chi connectivity index (χ2n) is 5.16. The Balaban J connectivity index is 2.37. The van der Waals surface area contributed by atoms with Crippen molar-refractivity contribution in [2.45, 2.75) is 58.2 Å². The molecular weight excluding hydrogens is 278 g/mol. The van der Waals surface area contributed by atoms with Crippen LogP contribution in [0.1, 0.15) is 40.3 Å². The van der Waals surface area contributed by atoms with Gasteiger partial charge in [0, 0.05) is 20.0 Å². The monoisotopic (exact) mass is 297 g/mol. The fourth-order valence-corrected chi connectivity index (χ4v) is 2.43. The second-order valence-corrected chi connectivity index (χ2v) is 5.16. The number of aromatic nitrogens is 3. The highest BCUT2D eigenvalue weighted by Crippen LogP contribution is 2.42. The lowest BCUT2D eigenvalue weighted by molar-refractivity contribution is -0.167. The Labute approximate surface area is 122 Å². The Morgan fingerprint density at radius 3 is 2.48 bits per heavy atom. The van der Waals surface area contributed by atoms with Gasteiger partial charge in [-0.1, -0.05) is 12.1 Å². The van der Waals surface area contributed by atoms with Crippen LogP contribution in [0.3, 0.4) is 0 Å². The van der Waals surface area contributed by atoms with Gasteiger partial charge in [-0.15, -0.1) is 5.10 Å². The van der Waals surface area contributed by atoms with Crippen LogP contribution < -0.4 is 0 Å². The third-order valence-corrected chi connectivity index (χ3v) is 3.57. The molecule has 0 aromatic carbocycles. The van der Waals surface area contributed by atoms with Gasteiger partial charge in [0.2, 0.25) is 0 Å². The molecule has 4 atom stereocenters. The zero-order chi connectivity index (χ0) is 15.6. The van der Waals surface area contributed by atoms with Gasteiger partial charge in [0.05, 0.1) is 6.20 Å². The fourth-order valence-electron chi connectivity index (χ4n) is 2.43. The van der Waals surface area contributed by atoms with E-state index in [0.29, 0.717) is 6.42 Å². The summed E-state index contributed by atoms with van der Waals surface area (Å²) in [6.45, 7) is 6.33.